The fourth-order valence-electron chi connectivity index (χ4n) is 3.67. The molecule has 174 valence electrons. The Morgan fingerprint density at radius 3 is 2.52 bits per heavy atom. The van der Waals surface area contributed by atoms with Gasteiger partial charge in [0.15, 0.2) is 0 Å². The Hall–Kier alpha value is -4.02. The normalized spacial score (nSPS) is 13.9. The van der Waals surface area contributed by atoms with Crippen LogP contribution in [0, 0.1) is 23.0 Å². The summed E-state index contributed by atoms with van der Waals surface area (Å²) in [4.78, 5) is 61.3. The van der Waals surface area contributed by atoms with E-state index < -0.39 is 16.7 Å². The minimum absolute atomic E-state index is 0.0513. The lowest BCUT2D eigenvalue weighted by molar-refractivity contribution is -0.384. The highest BCUT2D eigenvalue weighted by atomic mass is 16.6. The van der Waals surface area contributed by atoms with Crippen molar-refractivity contribution in [1.82, 2.24) is 14.8 Å². The Morgan fingerprint density at radius 1 is 1.15 bits per heavy atom. The second-order valence-corrected chi connectivity index (χ2v) is 8.02. The highest BCUT2D eigenvalue weighted by Crippen LogP contribution is 2.25. The van der Waals surface area contributed by atoms with E-state index in [0.29, 0.717) is 31.5 Å². The third-order valence-electron chi connectivity index (χ3n) is 5.61. The Bertz CT molecular complexity index is 1150. The molecule has 0 atom stereocenters. The maximum Gasteiger partial charge on any atom is 0.313 e. The number of aryl methyl sites for hydroxylation is 2. The number of nitrogens with zero attached hydrogens (tertiary/aromatic N) is 3. The molecule has 0 radical (unpaired) electrons. The van der Waals surface area contributed by atoms with Crippen LogP contribution in [0.2, 0.25) is 0 Å². The highest BCUT2D eigenvalue weighted by molar-refractivity contribution is 6.39. The van der Waals surface area contributed by atoms with E-state index in [1.807, 2.05) is 0 Å². The first-order valence-corrected chi connectivity index (χ1v) is 10.5. The van der Waals surface area contributed by atoms with Crippen molar-refractivity contribution < 1.29 is 19.3 Å². The van der Waals surface area contributed by atoms with Gasteiger partial charge in [-0.1, -0.05) is 6.07 Å². The molecule has 0 bridgehead atoms. The highest BCUT2D eigenvalue weighted by Gasteiger charge is 2.26. The van der Waals surface area contributed by atoms with Crippen LogP contribution < -0.4 is 16.2 Å². The lowest BCUT2D eigenvalue weighted by Gasteiger charge is -2.32. The Labute approximate surface area is 189 Å². The van der Waals surface area contributed by atoms with Crippen molar-refractivity contribution >= 4 is 29.1 Å². The molecule has 3 amide bonds. The number of hydrogen-bond acceptors (Lipinski definition) is 6. The van der Waals surface area contributed by atoms with Crippen molar-refractivity contribution in [2.75, 3.05) is 25.0 Å². The quantitative estimate of drug-likeness (QED) is 0.394. The van der Waals surface area contributed by atoms with Gasteiger partial charge in [-0.25, -0.2) is 0 Å². The minimum atomic E-state index is -0.991. The number of amides is 3. The lowest BCUT2D eigenvalue weighted by atomic mass is 9.96. The second-order valence-electron chi connectivity index (χ2n) is 8.02. The molecule has 3 rings (SSSR count). The summed E-state index contributed by atoms with van der Waals surface area (Å²) in [5, 5.41) is 16.0. The van der Waals surface area contributed by atoms with Crippen LogP contribution in [0.4, 0.5) is 11.4 Å². The van der Waals surface area contributed by atoms with Crippen LogP contribution in [0.25, 0.3) is 0 Å². The number of aromatic nitrogens is 1. The summed E-state index contributed by atoms with van der Waals surface area (Å²) in [5.74, 6) is -2.15. The SMILES string of the molecule is Cc1ccc(NC(=O)C(=O)NCC2CCN(C(=O)c3cccn(C)c3=O)CC2)c([N+](=O)[O-])c1. The van der Waals surface area contributed by atoms with Crippen LogP contribution in [0.5, 0.6) is 0 Å². The number of piperidine rings is 1. The Morgan fingerprint density at radius 2 is 1.85 bits per heavy atom. The molecule has 1 aliphatic rings. The van der Waals surface area contributed by atoms with E-state index >= 15 is 0 Å². The van der Waals surface area contributed by atoms with E-state index in [1.54, 1.807) is 37.2 Å². The molecule has 11 nitrogen and oxygen atoms in total. The number of anilines is 1. The molecular weight excluding hydrogens is 430 g/mol. The van der Waals surface area contributed by atoms with Crippen LogP contribution >= 0.6 is 0 Å². The van der Waals surface area contributed by atoms with Gasteiger partial charge < -0.3 is 20.1 Å². The number of nitro benzene ring substituents is 1. The summed E-state index contributed by atoms with van der Waals surface area (Å²) in [6.07, 6.45) is 2.79. The van der Waals surface area contributed by atoms with Crippen LogP contribution in [0.15, 0.2) is 41.3 Å². The van der Waals surface area contributed by atoms with E-state index in [2.05, 4.69) is 10.6 Å². The zero-order valence-electron chi connectivity index (χ0n) is 18.4. The zero-order valence-corrected chi connectivity index (χ0v) is 18.4. The molecule has 33 heavy (non-hydrogen) atoms. The van der Waals surface area contributed by atoms with Crippen molar-refractivity contribution in [3.8, 4) is 0 Å². The third kappa shape index (κ3) is 5.62. The number of pyridine rings is 1. The average Bonchev–Trinajstić information content (AvgIpc) is 2.80. The molecule has 1 aromatic carbocycles. The van der Waals surface area contributed by atoms with Crippen molar-refractivity contribution in [2.24, 2.45) is 13.0 Å². The van der Waals surface area contributed by atoms with Gasteiger partial charge in [0.1, 0.15) is 11.3 Å². The van der Waals surface area contributed by atoms with Gasteiger partial charge >= 0.3 is 11.8 Å². The lowest BCUT2D eigenvalue weighted by Crippen LogP contribution is -2.44. The standard InChI is InChI=1S/C22H25N5O6/c1-14-5-6-17(18(12-14)27(32)33)24-20(29)19(28)23-13-15-7-10-26(11-8-15)22(31)16-4-3-9-25(2)21(16)30/h3-6,9,12,15H,7-8,10-11,13H2,1-2H3,(H,23,28)(H,24,29). The topological polar surface area (TPSA) is 144 Å². The molecule has 0 aliphatic carbocycles. The van der Waals surface area contributed by atoms with Crippen molar-refractivity contribution in [3.05, 3.63) is 68.1 Å². The summed E-state index contributed by atoms with van der Waals surface area (Å²) in [6, 6.07) is 7.45. The van der Waals surface area contributed by atoms with Gasteiger partial charge in [-0.3, -0.25) is 29.3 Å². The minimum Gasteiger partial charge on any atom is -0.348 e. The molecule has 1 saturated heterocycles. The van der Waals surface area contributed by atoms with Crippen molar-refractivity contribution in [1.29, 1.82) is 0 Å². The number of likely N-dealkylation sites (tertiary alicyclic amines) is 1. The van der Waals surface area contributed by atoms with E-state index in [4.69, 9.17) is 0 Å². The number of hydrogen-bond donors (Lipinski definition) is 2. The predicted molar refractivity (Wildman–Crippen MR) is 120 cm³/mol. The van der Waals surface area contributed by atoms with Gasteiger partial charge in [-0.15, -0.1) is 0 Å². The molecule has 1 aromatic heterocycles. The molecule has 11 heteroatoms. The zero-order chi connectivity index (χ0) is 24.1. The maximum atomic E-state index is 12.6. The number of nitro groups is 1. The molecule has 1 fully saturated rings. The molecular formula is C22H25N5O6. The van der Waals surface area contributed by atoms with Gasteiger partial charge in [-0.2, -0.15) is 0 Å². The van der Waals surface area contributed by atoms with Crippen LogP contribution in [0.3, 0.4) is 0 Å². The van der Waals surface area contributed by atoms with Gasteiger partial charge in [-0.05, 0) is 49.4 Å². The fourth-order valence-corrected chi connectivity index (χ4v) is 3.67. The van der Waals surface area contributed by atoms with Gasteiger partial charge in [0.2, 0.25) is 0 Å². The summed E-state index contributed by atoms with van der Waals surface area (Å²) in [5.41, 5.74) is 0.0815. The van der Waals surface area contributed by atoms with Crippen LogP contribution in [-0.2, 0) is 16.6 Å². The number of nitrogens with one attached hydrogen (secondary N) is 2. The maximum absolute atomic E-state index is 12.6. The number of carbonyl (C=O) groups excluding carboxylic acids is 3. The summed E-state index contributed by atoms with van der Waals surface area (Å²) < 4.78 is 1.35. The van der Waals surface area contributed by atoms with Gasteiger partial charge in [0, 0.05) is 38.9 Å². The van der Waals surface area contributed by atoms with Gasteiger partial charge in [0.25, 0.3) is 17.2 Å². The van der Waals surface area contributed by atoms with Crippen molar-refractivity contribution in [2.45, 2.75) is 19.8 Å². The molecule has 2 heterocycles. The largest absolute Gasteiger partial charge is 0.348 e. The molecule has 2 aromatic rings. The fraction of sp³-hybridized carbons (Fsp3) is 0.364. The summed E-state index contributed by atoms with van der Waals surface area (Å²) in [6.45, 7) is 2.78. The first-order valence-electron chi connectivity index (χ1n) is 10.5. The first kappa shape index (κ1) is 23.6. The first-order chi connectivity index (χ1) is 15.7. The molecule has 2 N–H and O–H groups in total. The molecule has 0 saturated carbocycles. The summed E-state index contributed by atoms with van der Waals surface area (Å²) >= 11 is 0. The number of rotatable bonds is 5. The van der Waals surface area contributed by atoms with Crippen LogP contribution in [-0.4, -0.2) is 51.7 Å². The number of benzene rings is 1. The van der Waals surface area contributed by atoms with Crippen molar-refractivity contribution in [3.63, 3.8) is 0 Å². The average molecular weight is 455 g/mol. The van der Waals surface area contributed by atoms with Crippen LogP contribution in [0.1, 0.15) is 28.8 Å². The Balaban J connectivity index is 1.50. The molecule has 0 unspecified atom stereocenters. The summed E-state index contributed by atoms with van der Waals surface area (Å²) in [7, 11) is 1.58. The smallest absolute Gasteiger partial charge is 0.313 e. The van der Waals surface area contributed by atoms with E-state index in [-0.39, 0.29) is 40.9 Å². The van der Waals surface area contributed by atoms with E-state index in [0.717, 1.165) is 0 Å². The molecule has 1 aliphatic heterocycles. The second kappa shape index (κ2) is 10.1. The monoisotopic (exact) mass is 455 g/mol. The van der Waals surface area contributed by atoms with E-state index in [9.17, 15) is 29.3 Å². The van der Waals surface area contributed by atoms with Gasteiger partial charge in [0.05, 0.1) is 4.92 Å². The van der Waals surface area contributed by atoms with E-state index in [1.165, 1.54) is 22.8 Å². The number of carbonyl (C=O) groups is 3. The Kier molecular flexibility index (Phi) is 7.21. The third-order valence-corrected chi connectivity index (χ3v) is 5.61. The predicted octanol–water partition coefficient (Wildman–Crippen LogP) is 1.21. The molecule has 0 spiro atoms.